The zero-order chi connectivity index (χ0) is 17.0. The second kappa shape index (κ2) is 7.12. The molecule has 1 N–H and O–H groups in total. The van der Waals surface area contributed by atoms with Crippen LogP contribution in [0.25, 0.3) is 0 Å². The topological polar surface area (TPSA) is 66.5 Å². The molecule has 0 atom stereocenters. The van der Waals surface area contributed by atoms with Crippen molar-refractivity contribution in [3.63, 3.8) is 0 Å². The number of hydrogen-bond acceptors (Lipinski definition) is 3. The maximum absolute atomic E-state index is 12.4. The minimum atomic E-state index is -3.70. The Labute approximate surface area is 140 Å². The molecule has 5 nitrogen and oxygen atoms in total. The molecule has 23 heavy (non-hydrogen) atoms. The Kier molecular flexibility index (Phi) is 5.41. The van der Waals surface area contributed by atoms with E-state index in [4.69, 9.17) is 11.6 Å². The summed E-state index contributed by atoms with van der Waals surface area (Å²) in [5.74, 6) is -0.460. The van der Waals surface area contributed by atoms with Gasteiger partial charge in [-0.25, -0.2) is 8.42 Å². The average molecular weight is 353 g/mol. The first kappa shape index (κ1) is 17.5. The summed E-state index contributed by atoms with van der Waals surface area (Å²) in [6.45, 7) is 1.58. The van der Waals surface area contributed by atoms with E-state index in [1.807, 2.05) is 13.0 Å². The van der Waals surface area contributed by atoms with E-state index < -0.39 is 15.9 Å². The highest BCUT2D eigenvalue weighted by Crippen LogP contribution is 2.22. The lowest BCUT2D eigenvalue weighted by Crippen LogP contribution is -2.35. The highest BCUT2D eigenvalue weighted by atomic mass is 35.5. The monoisotopic (exact) mass is 352 g/mol. The second-order valence-electron chi connectivity index (χ2n) is 5.11. The minimum absolute atomic E-state index is 0.142. The number of benzene rings is 2. The molecule has 0 bridgehead atoms. The van der Waals surface area contributed by atoms with E-state index in [9.17, 15) is 13.2 Å². The maximum atomic E-state index is 12.4. The molecule has 2 rings (SSSR count). The smallest absolute Gasteiger partial charge is 0.243 e. The van der Waals surface area contributed by atoms with Gasteiger partial charge in [0.05, 0.1) is 22.2 Å². The molecule has 0 saturated carbocycles. The molecular formula is C16H17ClN2O3S. The van der Waals surface area contributed by atoms with E-state index in [1.54, 1.807) is 30.3 Å². The maximum Gasteiger partial charge on any atom is 0.243 e. The lowest BCUT2D eigenvalue weighted by Gasteiger charge is -2.17. The third-order valence-electron chi connectivity index (χ3n) is 3.22. The van der Waals surface area contributed by atoms with Crippen LogP contribution < -0.4 is 5.32 Å². The Morgan fingerprint density at radius 1 is 1.17 bits per heavy atom. The Bertz CT molecular complexity index is 807. The number of carbonyl (C=O) groups excluding carboxylic acids is 1. The SMILES string of the molecule is Cc1ccc(NC(=O)CN(C)S(=O)(=O)c2ccccc2)c(Cl)c1. The molecular weight excluding hydrogens is 336 g/mol. The summed E-state index contributed by atoms with van der Waals surface area (Å²) >= 11 is 6.05. The summed E-state index contributed by atoms with van der Waals surface area (Å²) in [5.41, 5.74) is 1.42. The highest BCUT2D eigenvalue weighted by Gasteiger charge is 2.22. The summed E-state index contributed by atoms with van der Waals surface area (Å²) < 4.78 is 25.7. The first-order valence-corrected chi connectivity index (χ1v) is 8.70. The van der Waals surface area contributed by atoms with Gasteiger partial charge in [0.25, 0.3) is 0 Å². The van der Waals surface area contributed by atoms with Gasteiger partial charge in [-0.15, -0.1) is 0 Å². The summed E-state index contributed by atoms with van der Waals surface area (Å²) in [7, 11) is -2.34. The molecule has 0 saturated heterocycles. The Morgan fingerprint density at radius 2 is 1.83 bits per heavy atom. The van der Waals surface area contributed by atoms with Gasteiger partial charge < -0.3 is 5.32 Å². The molecule has 0 aromatic heterocycles. The fourth-order valence-electron chi connectivity index (χ4n) is 1.97. The van der Waals surface area contributed by atoms with E-state index >= 15 is 0 Å². The lowest BCUT2D eigenvalue weighted by molar-refractivity contribution is -0.116. The Balaban J connectivity index is 2.08. The summed E-state index contributed by atoms with van der Waals surface area (Å²) in [5, 5.41) is 3.02. The van der Waals surface area contributed by atoms with Crippen LogP contribution in [0.1, 0.15) is 5.56 Å². The highest BCUT2D eigenvalue weighted by molar-refractivity contribution is 7.89. The normalized spacial score (nSPS) is 11.5. The van der Waals surface area contributed by atoms with Crippen molar-refractivity contribution >= 4 is 33.2 Å². The van der Waals surface area contributed by atoms with Crippen molar-refractivity contribution < 1.29 is 13.2 Å². The van der Waals surface area contributed by atoms with Crippen LogP contribution in [-0.4, -0.2) is 32.2 Å². The molecule has 0 spiro atoms. The minimum Gasteiger partial charge on any atom is -0.324 e. The van der Waals surface area contributed by atoms with Crippen LogP contribution in [0, 0.1) is 6.92 Å². The first-order chi connectivity index (χ1) is 10.8. The number of amides is 1. The fourth-order valence-corrected chi connectivity index (χ4v) is 3.40. The summed E-state index contributed by atoms with van der Waals surface area (Å²) in [4.78, 5) is 12.2. The van der Waals surface area contributed by atoms with Gasteiger partial charge in [0, 0.05) is 7.05 Å². The van der Waals surface area contributed by atoms with Crippen molar-refractivity contribution in [3.05, 3.63) is 59.1 Å². The predicted molar refractivity (Wildman–Crippen MR) is 91.1 cm³/mol. The molecule has 2 aromatic rings. The number of hydrogen-bond donors (Lipinski definition) is 1. The zero-order valence-electron chi connectivity index (χ0n) is 12.8. The van der Waals surface area contributed by atoms with Crippen molar-refractivity contribution in [2.24, 2.45) is 0 Å². The zero-order valence-corrected chi connectivity index (χ0v) is 14.4. The lowest BCUT2D eigenvalue weighted by atomic mass is 10.2. The largest absolute Gasteiger partial charge is 0.324 e. The number of anilines is 1. The molecule has 0 aliphatic heterocycles. The molecule has 0 aliphatic carbocycles. The van der Waals surface area contributed by atoms with Crippen molar-refractivity contribution in [1.29, 1.82) is 0 Å². The number of carbonyl (C=O) groups is 1. The number of nitrogens with zero attached hydrogens (tertiary/aromatic N) is 1. The number of rotatable bonds is 5. The summed E-state index contributed by atoms with van der Waals surface area (Å²) in [6, 6.07) is 13.2. The molecule has 0 unspecified atom stereocenters. The van der Waals surface area contributed by atoms with E-state index in [2.05, 4.69) is 5.32 Å². The molecule has 0 fully saturated rings. The van der Waals surface area contributed by atoms with Gasteiger partial charge in [0.15, 0.2) is 0 Å². The number of aryl methyl sites for hydroxylation is 1. The molecule has 0 heterocycles. The van der Waals surface area contributed by atoms with Gasteiger partial charge >= 0.3 is 0 Å². The number of sulfonamides is 1. The van der Waals surface area contributed by atoms with Gasteiger partial charge in [0.1, 0.15) is 0 Å². The number of halogens is 1. The van der Waals surface area contributed by atoms with Crippen LogP contribution in [0.5, 0.6) is 0 Å². The van der Waals surface area contributed by atoms with Crippen LogP contribution >= 0.6 is 11.6 Å². The third kappa shape index (κ3) is 4.31. The van der Waals surface area contributed by atoms with Crippen LogP contribution in [0.4, 0.5) is 5.69 Å². The van der Waals surface area contributed by atoms with Crippen LogP contribution in [-0.2, 0) is 14.8 Å². The Hall–Kier alpha value is -1.89. The van der Waals surface area contributed by atoms with Gasteiger partial charge in [0.2, 0.25) is 15.9 Å². The standard InChI is InChI=1S/C16H17ClN2O3S/c1-12-8-9-15(14(17)10-12)18-16(20)11-19(2)23(21,22)13-6-4-3-5-7-13/h3-10H,11H2,1-2H3,(H,18,20). The number of likely N-dealkylation sites (N-methyl/N-ethyl adjacent to an activating group) is 1. The van der Waals surface area contributed by atoms with Crippen molar-refractivity contribution in [2.45, 2.75) is 11.8 Å². The van der Waals surface area contributed by atoms with Crippen LogP contribution in [0.3, 0.4) is 0 Å². The van der Waals surface area contributed by atoms with E-state index in [0.29, 0.717) is 10.7 Å². The molecule has 2 aromatic carbocycles. The van der Waals surface area contributed by atoms with Gasteiger partial charge in [-0.2, -0.15) is 4.31 Å². The third-order valence-corrected chi connectivity index (χ3v) is 5.35. The average Bonchev–Trinajstić information content (AvgIpc) is 2.51. The van der Waals surface area contributed by atoms with Gasteiger partial charge in [-0.05, 0) is 36.8 Å². The molecule has 0 radical (unpaired) electrons. The molecule has 0 aliphatic rings. The van der Waals surface area contributed by atoms with Crippen molar-refractivity contribution in [2.75, 3.05) is 18.9 Å². The molecule has 7 heteroatoms. The van der Waals surface area contributed by atoms with E-state index in [0.717, 1.165) is 9.87 Å². The molecule has 122 valence electrons. The van der Waals surface area contributed by atoms with E-state index in [1.165, 1.54) is 19.2 Å². The number of nitrogens with one attached hydrogen (secondary N) is 1. The van der Waals surface area contributed by atoms with Crippen molar-refractivity contribution in [3.8, 4) is 0 Å². The fraction of sp³-hybridized carbons (Fsp3) is 0.188. The quantitative estimate of drug-likeness (QED) is 0.899. The molecule has 1 amide bonds. The van der Waals surface area contributed by atoms with Crippen LogP contribution in [0.2, 0.25) is 5.02 Å². The van der Waals surface area contributed by atoms with Gasteiger partial charge in [-0.1, -0.05) is 35.9 Å². The van der Waals surface area contributed by atoms with Crippen molar-refractivity contribution in [1.82, 2.24) is 4.31 Å². The van der Waals surface area contributed by atoms with E-state index in [-0.39, 0.29) is 11.4 Å². The van der Waals surface area contributed by atoms with Gasteiger partial charge in [-0.3, -0.25) is 4.79 Å². The second-order valence-corrected chi connectivity index (χ2v) is 7.56. The summed E-state index contributed by atoms with van der Waals surface area (Å²) in [6.07, 6.45) is 0. The first-order valence-electron chi connectivity index (χ1n) is 6.88. The Morgan fingerprint density at radius 3 is 2.43 bits per heavy atom. The van der Waals surface area contributed by atoms with Crippen LogP contribution in [0.15, 0.2) is 53.4 Å². The predicted octanol–water partition coefficient (Wildman–Crippen LogP) is 2.91.